The average Bonchev–Trinajstić information content (AvgIpc) is 2.32. The van der Waals surface area contributed by atoms with Crippen molar-refractivity contribution in [3.8, 4) is 5.75 Å². The molecule has 0 amide bonds. The molecule has 0 aromatic heterocycles. The lowest BCUT2D eigenvalue weighted by molar-refractivity contribution is 0.00695. The molecule has 1 fully saturated rings. The normalized spacial score (nSPS) is 20.6. The standard InChI is InChI=1S/C14H19BrO2/c1-10(2)13-8-11(15)5-6-14(13)17-12-4-3-7-16-9-12/h5-6,8,10,12H,3-4,7,9H2,1-2H3. The van der Waals surface area contributed by atoms with Crippen LogP contribution in [0.25, 0.3) is 0 Å². The Labute approximate surface area is 111 Å². The maximum Gasteiger partial charge on any atom is 0.123 e. The van der Waals surface area contributed by atoms with E-state index in [0.29, 0.717) is 12.5 Å². The summed E-state index contributed by atoms with van der Waals surface area (Å²) in [4.78, 5) is 0. The Morgan fingerprint density at radius 3 is 2.88 bits per heavy atom. The largest absolute Gasteiger partial charge is 0.488 e. The molecule has 2 nitrogen and oxygen atoms in total. The summed E-state index contributed by atoms with van der Waals surface area (Å²) >= 11 is 3.51. The fourth-order valence-electron chi connectivity index (χ4n) is 2.06. The van der Waals surface area contributed by atoms with Gasteiger partial charge in [0, 0.05) is 11.1 Å². The van der Waals surface area contributed by atoms with E-state index in [1.807, 2.05) is 12.1 Å². The first-order valence-electron chi connectivity index (χ1n) is 6.20. The van der Waals surface area contributed by atoms with Gasteiger partial charge in [0.2, 0.25) is 0 Å². The predicted molar refractivity (Wildman–Crippen MR) is 72.7 cm³/mol. The minimum Gasteiger partial charge on any atom is -0.488 e. The van der Waals surface area contributed by atoms with Gasteiger partial charge in [-0.2, -0.15) is 0 Å². The molecule has 0 bridgehead atoms. The minimum atomic E-state index is 0.211. The highest BCUT2D eigenvalue weighted by Crippen LogP contribution is 2.31. The lowest BCUT2D eigenvalue weighted by atomic mass is 10.0. The number of rotatable bonds is 3. The molecule has 1 saturated heterocycles. The molecule has 1 aliphatic rings. The Kier molecular flexibility index (Phi) is 4.46. The summed E-state index contributed by atoms with van der Waals surface area (Å²) in [6.45, 7) is 5.96. The van der Waals surface area contributed by atoms with E-state index >= 15 is 0 Å². The summed E-state index contributed by atoms with van der Waals surface area (Å²) in [5.74, 6) is 1.46. The third-order valence-electron chi connectivity index (χ3n) is 3.01. The quantitative estimate of drug-likeness (QED) is 0.835. The molecular weight excluding hydrogens is 280 g/mol. The fourth-order valence-corrected chi connectivity index (χ4v) is 2.44. The summed E-state index contributed by atoms with van der Waals surface area (Å²) in [6, 6.07) is 6.22. The second-order valence-corrected chi connectivity index (χ2v) is 5.71. The summed E-state index contributed by atoms with van der Waals surface area (Å²) in [7, 11) is 0. The Hall–Kier alpha value is -0.540. The zero-order chi connectivity index (χ0) is 12.3. The molecule has 0 aliphatic carbocycles. The maximum absolute atomic E-state index is 6.06. The van der Waals surface area contributed by atoms with E-state index in [1.54, 1.807) is 0 Å². The number of hydrogen-bond acceptors (Lipinski definition) is 2. The Balaban J connectivity index is 2.13. The second-order valence-electron chi connectivity index (χ2n) is 4.79. The number of hydrogen-bond donors (Lipinski definition) is 0. The van der Waals surface area contributed by atoms with Gasteiger partial charge in [-0.1, -0.05) is 29.8 Å². The van der Waals surface area contributed by atoms with Crippen molar-refractivity contribution >= 4 is 15.9 Å². The van der Waals surface area contributed by atoms with Gasteiger partial charge in [0.05, 0.1) is 6.61 Å². The van der Waals surface area contributed by atoms with Gasteiger partial charge in [0.15, 0.2) is 0 Å². The van der Waals surface area contributed by atoms with Gasteiger partial charge in [-0.3, -0.25) is 0 Å². The van der Waals surface area contributed by atoms with Crippen molar-refractivity contribution < 1.29 is 9.47 Å². The Morgan fingerprint density at radius 2 is 2.24 bits per heavy atom. The van der Waals surface area contributed by atoms with Crippen LogP contribution in [0.3, 0.4) is 0 Å². The summed E-state index contributed by atoms with van der Waals surface area (Å²) < 4.78 is 12.6. The molecule has 17 heavy (non-hydrogen) atoms. The average molecular weight is 299 g/mol. The molecule has 94 valence electrons. The lowest BCUT2D eigenvalue weighted by Crippen LogP contribution is -2.28. The number of ether oxygens (including phenoxy) is 2. The molecule has 0 spiro atoms. The van der Waals surface area contributed by atoms with E-state index in [-0.39, 0.29) is 6.10 Å². The maximum atomic E-state index is 6.06. The highest BCUT2D eigenvalue weighted by atomic mass is 79.9. The molecule has 3 heteroatoms. The smallest absolute Gasteiger partial charge is 0.123 e. The molecular formula is C14H19BrO2. The van der Waals surface area contributed by atoms with Crippen molar-refractivity contribution in [2.24, 2.45) is 0 Å². The first-order valence-corrected chi connectivity index (χ1v) is 7.00. The zero-order valence-electron chi connectivity index (χ0n) is 10.4. The van der Waals surface area contributed by atoms with Gasteiger partial charge in [0.25, 0.3) is 0 Å². The van der Waals surface area contributed by atoms with E-state index < -0.39 is 0 Å². The van der Waals surface area contributed by atoms with Crippen molar-refractivity contribution in [1.29, 1.82) is 0 Å². The van der Waals surface area contributed by atoms with Crippen LogP contribution in [0.5, 0.6) is 5.75 Å². The van der Waals surface area contributed by atoms with Crippen LogP contribution in [0, 0.1) is 0 Å². The molecule has 1 unspecified atom stereocenters. The first-order chi connectivity index (χ1) is 8.16. The number of benzene rings is 1. The van der Waals surface area contributed by atoms with Crippen LogP contribution in [-0.4, -0.2) is 19.3 Å². The summed E-state index contributed by atoms with van der Waals surface area (Å²) in [5, 5.41) is 0. The molecule has 0 saturated carbocycles. The van der Waals surface area contributed by atoms with E-state index in [9.17, 15) is 0 Å². The molecule has 2 rings (SSSR count). The van der Waals surface area contributed by atoms with E-state index in [1.165, 1.54) is 5.56 Å². The highest BCUT2D eigenvalue weighted by Gasteiger charge is 2.17. The Morgan fingerprint density at radius 1 is 1.41 bits per heavy atom. The van der Waals surface area contributed by atoms with Gasteiger partial charge in [-0.15, -0.1) is 0 Å². The van der Waals surface area contributed by atoms with Gasteiger partial charge < -0.3 is 9.47 Å². The second kappa shape index (κ2) is 5.87. The van der Waals surface area contributed by atoms with Crippen LogP contribution in [0.2, 0.25) is 0 Å². The lowest BCUT2D eigenvalue weighted by Gasteiger charge is -2.25. The van der Waals surface area contributed by atoms with Crippen molar-refractivity contribution in [2.75, 3.05) is 13.2 Å². The molecule has 1 aromatic carbocycles. The van der Waals surface area contributed by atoms with Crippen LogP contribution in [0.4, 0.5) is 0 Å². The van der Waals surface area contributed by atoms with Crippen LogP contribution >= 0.6 is 15.9 Å². The first kappa shape index (κ1) is 12.9. The minimum absolute atomic E-state index is 0.211. The molecule has 1 aliphatic heterocycles. The molecule has 0 radical (unpaired) electrons. The van der Waals surface area contributed by atoms with Crippen LogP contribution in [0.15, 0.2) is 22.7 Å². The molecule has 1 aromatic rings. The SMILES string of the molecule is CC(C)c1cc(Br)ccc1OC1CCCOC1. The van der Waals surface area contributed by atoms with Crippen LogP contribution in [-0.2, 0) is 4.74 Å². The van der Waals surface area contributed by atoms with Gasteiger partial charge in [-0.25, -0.2) is 0 Å². The van der Waals surface area contributed by atoms with Gasteiger partial charge >= 0.3 is 0 Å². The van der Waals surface area contributed by atoms with E-state index in [4.69, 9.17) is 9.47 Å². The molecule has 0 N–H and O–H groups in total. The van der Waals surface area contributed by atoms with E-state index in [2.05, 4.69) is 35.8 Å². The third kappa shape index (κ3) is 3.46. The van der Waals surface area contributed by atoms with Crippen molar-refractivity contribution in [2.45, 2.75) is 38.7 Å². The summed E-state index contributed by atoms with van der Waals surface area (Å²) in [5.41, 5.74) is 1.25. The van der Waals surface area contributed by atoms with E-state index in [0.717, 1.165) is 29.7 Å². The monoisotopic (exact) mass is 298 g/mol. The van der Waals surface area contributed by atoms with Crippen LogP contribution < -0.4 is 4.74 Å². The third-order valence-corrected chi connectivity index (χ3v) is 3.50. The fraction of sp³-hybridized carbons (Fsp3) is 0.571. The summed E-state index contributed by atoms with van der Waals surface area (Å²) in [6.07, 6.45) is 2.40. The number of halogens is 1. The van der Waals surface area contributed by atoms with Gasteiger partial charge in [-0.05, 0) is 42.5 Å². The van der Waals surface area contributed by atoms with Crippen molar-refractivity contribution in [3.05, 3.63) is 28.2 Å². The van der Waals surface area contributed by atoms with Crippen molar-refractivity contribution in [3.63, 3.8) is 0 Å². The molecule has 1 heterocycles. The van der Waals surface area contributed by atoms with Crippen molar-refractivity contribution in [1.82, 2.24) is 0 Å². The molecule has 1 atom stereocenters. The topological polar surface area (TPSA) is 18.5 Å². The Bertz CT molecular complexity index is 370. The predicted octanol–water partition coefficient (Wildman–Crippen LogP) is 4.13. The van der Waals surface area contributed by atoms with Crippen LogP contribution in [0.1, 0.15) is 38.2 Å². The van der Waals surface area contributed by atoms with Gasteiger partial charge in [0.1, 0.15) is 11.9 Å². The highest BCUT2D eigenvalue weighted by molar-refractivity contribution is 9.10. The zero-order valence-corrected chi connectivity index (χ0v) is 12.0.